The van der Waals surface area contributed by atoms with E-state index < -0.39 is 16.8 Å². The molecule has 0 amide bonds. The van der Waals surface area contributed by atoms with Crippen LogP contribution in [0.1, 0.15) is 11.9 Å². The number of benzene rings is 1. The van der Waals surface area contributed by atoms with E-state index >= 15 is 0 Å². The summed E-state index contributed by atoms with van der Waals surface area (Å²) in [6.07, 6.45) is 5.92. The molecule has 2 N–H and O–H groups in total. The lowest BCUT2D eigenvalue weighted by Gasteiger charge is -2.15. The summed E-state index contributed by atoms with van der Waals surface area (Å²) in [5, 5.41) is 13.7. The van der Waals surface area contributed by atoms with Gasteiger partial charge < -0.3 is 10.3 Å². The van der Waals surface area contributed by atoms with Gasteiger partial charge in [0, 0.05) is 30.2 Å². The standard InChI is InChI=1S/C20H15FN7O2/c1-12(26-17-7-6-13(10-24-17)28(29)30)19-25-11-15(20-22-8-9-23-20)18(27-19)14-4-2-3-5-16(14)21/h2-12H,1H2,(H,22,23)(H,24,26). The second kappa shape index (κ2) is 8.03. The van der Waals surface area contributed by atoms with Crippen molar-refractivity contribution in [2.24, 2.45) is 0 Å². The van der Waals surface area contributed by atoms with E-state index in [-0.39, 0.29) is 5.69 Å². The fraction of sp³-hybridized carbons (Fsp3) is 0.0500. The Morgan fingerprint density at radius 1 is 1.10 bits per heavy atom. The van der Waals surface area contributed by atoms with Crippen LogP contribution in [0.25, 0.3) is 22.6 Å². The summed E-state index contributed by atoms with van der Waals surface area (Å²) in [6, 6.07) is 8.43. The van der Waals surface area contributed by atoms with Crippen LogP contribution in [-0.4, -0.2) is 29.8 Å². The van der Waals surface area contributed by atoms with E-state index in [1.54, 1.807) is 36.8 Å². The van der Waals surface area contributed by atoms with Gasteiger partial charge in [0.2, 0.25) is 0 Å². The predicted octanol–water partition coefficient (Wildman–Crippen LogP) is 3.96. The third-order valence-corrected chi connectivity index (χ3v) is 4.28. The molecule has 0 spiro atoms. The van der Waals surface area contributed by atoms with E-state index in [1.165, 1.54) is 18.2 Å². The van der Waals surface area contributed by atoms with E-state index in [9.17, 15) is 14.5 Å². The first-order valence-electron chi connectivity index (χ1n) is 8.84. The van der Waals surface area contributed by atoms with Crippen LogP contribution in [0, 0.1) is 22.9 Å². The number of anilines is 1. The molecule has 0 aliphatic heterocycles. The molecule has 0 aliphatic rings. The molecular formula is C20H15FN7O2. The van der Waals surface area contributed by atoms with Crippen LogP contribution in [0.2, 0.25) is 0 Å². The van der Waals surface area contributed by atoms with Crippen LogP contribution in [-0.2, 0) is 0 Å². The van der Waals surface area contributed by atoms with Gasteiger partial charge in [-0.3, -0.25) is 10.1 Å². The first kappa shape index (κ1) is 19.1. The van der Waals surface area contributed by atoms with Gasteiger partial charge in [-0.2, -0.15) is 0 Å². The molecule has 0 saturated heterocycles. The van der Waals surface area contributed by atoms with Crippen LogP contribution < -0.4 is 5.32 Å². The fourth-order valence-electron chi connectivity index (χ4n) is 2.83. The number of aromatic nitrogens is 5. The van der Waals surface area contributed by atoms with Gasteiger partial charge in [0.15, 0.2) is 5.82 Å². The Bertz CT molecular complexity index is 1180. The largest absolute Gasteiger partial charge is 0.360 e. The van der Waals surface area contributed by atoms with Gasteiger partial charge >= 0.3 is 0 Å². The smallest absolute Gasteiger partial charge is 0.287 e. The van der Waals surface area contributed by atoms with Crippen LogP contribution in [0.15, 0.2) is 61.2 Å². The zero-order valence-corrected chi connectivity index (χ0v) is 15.5. The highest BCUT2D eigenvalue weighted by atomic mass is 19.1. The molecule has 3 heterocycles. The Labute approximate surface area is 170 Å². The SMILES string of the molecule is [CH2]C(Nc1ccc([N+](=O)[O-])cn1)c1ncc(-c2ncc[nH]2)c(-c2ccccc2F)n1. The molecule has 10 heteroatoms. The Morgan fingerprint density at radius 2 is 1.93 bits per heavy atom. The van der Waals surface area contributed by atoms with Crippen LogP contribution in [0.3, 0.4) is 0 Å². The number of imidazole rings is 1. The summed E-state index contributed by atoms with van der Waals surface area (Å²) in [5.41, 5.74) is 1.07. The summed E-state index contributed by atoms with van der Waals surface area (Å²) in [6.45, 7) is 3.98. The van der Waals surface area contributed by atoms with Crippen molar-refractivity contribution in [3.8, 4) is 22.6 Å². The van der Waals surface area contributed by atoms with E-state index in [0.717, 1.165) is 6.20 Å². The van der Waals surface area contributed by atoms with Gasteiger partial charge in [-0.25, -0.2) is 24.3 Å². The number of rotatable bonds is 6. The Hall–Kier alpha value is -4.21. The van der Waals surface area contributed by atoms with Crippen molar-refractivity contribution in [1.29, 1.82) is 0 Å². The molecule has 1 unspecified atom stereocenters. The van der Waals surface area contributed by atoms with E-state index in [2.05, 4.69) is 37.2 Å². The van der Waals surface area contributed by atoms with Crippen LogP contribution in [0.4, 0.5) is 15.9 Å². The lowest BCUT2D eigenvalue weighted by Crippen LogP contribution is -2.13. The predicted molar refractivity (Wildman–Crippen MR) is 108 cm³/mol. The average Bonchev–Trinajstić information content (AvgIpc) is 3.29. The van der Waals surface area contributed by atoms with Crippen molar-refractivity contribution < 1.29 is 9.31 Å². The number of aromatic amines is 1. The van der Waals surface area contributed by atoms with Crippen LogP contribution in [0.5, 0.6) is 0 Å². The van der Waals surface area contributed by atoms with Gasteiger partial charge in [0.05, 0.1) is 22.2 Å². The molecule has 0 fully saturated rings. The van der Waals surface area contributed by atoms with Crippen molar-refractivity contribution in [2.75, 3.05) is 5.32 Å². The van der Waals surface area contributed by atoms with Gasteiger partial charge in [-0.1, -0.05) is 12.1 Å². The first-order valence-corrected chi connectivity index (χ1v) is 8.84. The number of nitrogens with zero attached hydrogens (tertiary/aromatic N) is 5. The summed E-state index contributed by atoms with van der Waals surface area (Å²) in [7, 11) is 0. The molecule has 1 atom stereocenters. The quantitative estimate of drug-likeness (QED) is 0.368. The molecule has 3 aromatic heterocycles. The first-order chi connectivity index (χ1) is 14.5. The third-order valence-electron chi connectivity index (χ3n) is 4.28. The molecule has 4 aromatic rings. The van der Waals surface area contributed by atoms with Gasteiger partial charge in [0.1, 0.15) is 23.7 Å². The fourth-order valence-corrected chi connectivity index (χ4v) is 2.83. The van der Waals surface area contributed by atoms with Crippen molar-refractivity contribution in [2.45, 2.75) is 6.04 Å². The number of H-pyrrole nitrogens is 1. The van der Waals surface area contributed by atoms with Crippen molar-refractivity contribution in [3.63, 3.8) is 0 Å². The molecule has 1 aromatic carbocycles. The summed E-state index contributed by atoms with van der Waals surface area (Å²) in [5.74, 6) is 0.737. The zero-order chi connectivity index (χ0) is 21.1. The number of hydrogen-bond donors (Lipinski definition) is 2. The molecule has 1 radical (unpaired) electrons. The van der Waals surface area contributed by atoms with Crippen molar-refractivity contribution in [1.82, 2.24) is 24.9 Å². The molecule has 30 heavy (non-hydrogen) atoms. The Morgan fingerprint density at radius 3 is 2.60 bits per heavy atom. The van der Waals surface area contributed by atoms with Crippen molar-refractivity contribution in [3.05, 3.63) is 89.9 Å². The number of halogens is 1. The van der Waals surface area contributed by atoms with Crippen molar-refractivity contribution >= 4 is 11.5 Å². The van der Waals surface area contributed by atoms with Crippen LogP contribution >= 0.6 is 0 Å². The number of pyridine rings is 1. The zero-order valence-electron chi connectivity index (χ0n) is 15.5. The molecule has 9 nitrogen and oxygen atoms in total. The van der Waals surface area contributed by atoms with Gasteiger partial charge in [-0.15, -0.1) is 0 Å². The molecule has 0 bridgehead atoms. The monoisotopic (exact) mass is 404 g/mol. The number of nitro groups is 1. The van der Waals surface area contributed by atoms with E-state index in [4.69, 9.17) is 0 Å². The van der Waals surface area contributed by atoms with E-state index in [1.807, 2.05) is 0 Å². The Kier molecular flexibility index (Phi) is 5.12. The number of nitrogens with one attached hydrogen (secondary N) is 2. The average molecular weight is 404 g/mol. The molecular weight excluding hydrogens is 389 g/mol. The summed E-state index contributed by atoms with van der Waals surface area (Å²) >= 11 is 0. The highest BCUT2D eigenvalue weighted by Crippen LogP contribution is 2.31. The maximum Gasteiger partial charge on any atom is 0.287 e. The molecule has 0 aliphatic carbocycles. The Balaban J connectivity index is 1.69. The van der Waals surface area contributed by atoms with Gasteiger partial charge in [-0.05, 0) is 25.1 Å². The second-order valence-corrected chi connectivity index (χ2v) is 6.26. The highest BCUT2D eigenvalue weighted by Gasteiger charge is 2.19. The maximum atomic E-state index is 14.5. The highest BCUT2D eigenvalue weighted by molar-refractivity contribution is 5.77. The topological polar surface area (TPSA) is 123 Å². The minimum absolute atomic E-state index is 0.123. The molecule has 4 rings (SSSR count). The normalized spacial score (nSPS) is 11.8. The minimum Gasteiger partial charge on any atom is -0.360 e. The molecule has 149 valence electrons. The third kappa shape index (κ3) is 3.83. The van der Waals surface area contributed by atoms with E-state index in [0.29, 0.717) is 34.3 Å². The number of hydrogen-bond acceptors (Lipinski definition) is 7. The maximum absolute atomic E-state index is 14.5. The van der Waals surface area contributed by atoms with Gasteiger partial charge in [0.25, 0.3) is 5.69 Å². The lowest BCUT2D eigenvalue weighted by atomic mass is 10.1. The lowest BCUT2D eigenvalue weighted by molar-refractivity contribution is -0.385. The molecule has 0 saturated carbocycles. The minimum atomic E-state index is -0.643. The summed E-state index contributed by atoms with van der Waals surface area (Å²) < 4.78 is 14.5. The summed E-state index contributed by atoms with van der Waals surface area (Å²) in [4.78, 5) is 30.3. The second-order valence-electron chi connectivity index (χ2n) is 6.26.